The van der Waals surface area contributed by atoms with Crippen molar-refractivity contribution in [2.75, 3.05) is 20.3 Å². The van der Waals surface area contributed by atoms with E-state index in [9.17, 15) is 0 Å². The van der Waals surface area contributed by atoms with Gasteiger partial charge in [-0.2, -0.15) is 0 Å². The molecular formula is C9H21NO2. The second kappa shape index (κ2) is 4.21. The van der Waals surface area contributed by atoms with Crippen molar-refractivity contribution in [3.8, 4) is 0 Å². The Morgan fingerprint density at radius 1 is 1.33 bits per heavy atom. The average molecular weight is 175 g/mol. The van der Waals surface area contributed by atoms with Crippen molar-refractivity contribution in [3.63, 3.8) is 0 Å². The number of ether oxygens (including phenoxy) is 1. The summed E-state index contributed by atoms with van der Waals surface area (Å²) in [4.78, 5) is 0. The molecule has 3 heteroatoms. The van der Waals surface area contributed by atoms with Crippen LogP contribution in [0.15, 0.2) is 0 Å². The Bertz CT molecular complexity index is 123. The smallest absolute Gasteiger partial charge is 0.0534 e. The largest absolute Gasteiger partial charge is 0.396 e. The van der Waals surface area contributed by atoms with Gasteiger partial charge in [0.2, 0.25) is 0 Å². The summed E-state index contributed by atoms with van der Waals surface area (Å²) in [5.74, 6) is 0. The van der Waals surface area contributed by atoms with Gasteiger partial charge < -0.3 is 15.6 Å². The lowest BCUT2D eigenvalue weighted by molar-refractivity contribution is 0.0223. The van der Waals surface area contributed by atoms with Gasteiger partial charge in [-0.05, 0) is 20.3 Å². The molecular weight excluding hydrogens is 154 g/mol. The molecule has 0 aromatic carbocycles. The molecule has 0 bridgehead atoms. The number of methoxy groups -OCH3 is 1. The highest BCUT2D eigenvalue weighted by Gasteiger charge is 2.37. The number of rotatable bonds is 5. The van der Waals surface area contributed by atoms with E-state index in [1.807, 2.05) is 20.8 Å². The molecule has 0 amide bonds. The van der Waals surface area contributed by atoms with Crippen molar-refractivity contribution in [1.82, 2.24) is 0 Å². The molecule has 0 fully saturated rings. The lowest BCUT2D eigenvalue weighted by Gasteiger charge is -2.40. The molecule has 0 saturated carbocycles. The first kappa shape index (κ1) is 11.9. The normalized spacial score (nSPS) is 17.5. The maximum atomic E-state index is 8.88. The highest BCUT2D eigenvalue weighted by Crippen LogP contribution is 2.32. The third-order valence-corrected chi connectivity index (χ3v) is 2.68. The number of hydrogen-bond donors (Lipinski definition) is 2. The zero-order valence-corrected chi connectivity index (χ0v) is 8.55. The zero-order valence-electron chi connectivity index (χ0n) is 8.55. The minimum Gasteiger partial charge on any atom is -0.396 e. The molecule has 1 atom stereocenters. The van der Waals surface area contributed by atoms with E-state index in [4.69, 9.17) is 15.6 Å². The quantitative estimate of drug-likeness (QED) is 0.648. The zero-order chi connectivity index (χ0) is 9.83. The minimum absolute atomic E-state index is 0.153. The summed E-state index contributed by atoms with van der Waals surface area (Å²) in [5, 5.41) is 8.88. The molecule has 1 unspecified atom stereocenters. The number of nitrogens with two attached hydrogens (primary N) is 1. The molecule has 0 heterocycles. The van der Waals surface area contributed by atoms with Gasteiger partial charge in [0.1, 0.15) is 0 Å². The van der Waals surface area contributed by atoms with Gasteiger partial charge in [0, 0.05) is 24.7 Å². The van der Waals surface area contributed by atoms with Gasteiger partial charge in [-0.3, -0.25) is 0 Å². The monoisotopic (exact) mass is 175 g/mol. The summed E-state index contributed by atoms with van der Waals surface area (Å²) in [7, 11) is 1.65. The molecule has 0 aliphatic heterocycles. The predicted octanol–water partition coefficient (Wildman–Crippen LogP) is 0.759. The van der Waals surface area contributed by atoms with Crippen LogP contribution in [0.5, 0.6) is 0 Å². The van der Waals surface area contributed by atoms with Crippen molar-refractivity contribution >= 4 is 0 Å². The van der Waals surface area contributed by atoms with E-state index in [0.29, 0.717) is 13.0 Å². The van der Waals surface area contributed by atoms with Gasteiger partial charge in [0.25, 0.3) is 0 Å². The standard InChI is InChI=1S/C9H21NO2/c1-8(2,10)9(3,5-6-11)7-12-4/h11H,5-7,10H2,1-4H3. The summed E-state index contributed by atoms with van der Waals surface area (Å²) in [6.07, 6.45) is 0.671. The fraction of sp³-hybridized carbons (Fsp3) is 1.00. The van der Waals surface area contributed by atoms with Crippen molar-refractivity contribution in [3.05, 3.63) is 0 Å². The predicted molar refractivity (Wildman–Crippen MR) is 50.0 cm³/mol. The van der Waals surface area contributed by atoms with Crippen LogP contribution in [-0.2, 0) is 4.74 Å². The summed E-state index contributed by atoms with van der Waals surface area (Å²) in [5.41, 5.74) is 5.51. The molecule has 3 N–H and O–H groups in total. The summed E-state index contributed by atoms with van der Waals surface area (Å²) < 4.78 is 5.09. The van der Waals surface area contributed by atoms with E-state index in [0.717, 1.165) is 0 Å². The molecule has 0 aromatic heterocycles. The first-order valence-corrected chi connectivity index (χ1v) is 4.26. The number of aliphatic hydroxyl groups excluding tert-OH is 1. The van der Waals surface area contributed by atoms with Crippen LogP contribution < -0.4 is 5.73 Å². The highest BCUT2D eigenvalue weighted by atomic mass is 16.5. The first-order valence-electron chi connectivity index (χ1n) is 4.26. The van der Waals surface area contributed by atoms with Crippen molar-refractivity contribution in [2.24, 2.45) is 11.1 Å². The van der Waals surface area contributed by atoms with Crippen LogP contribution >= 0.6 is 0 Å². The molecule has 0 aliphatic carbocycles. The topological polar surface area (TPSA) is 55.5 Å². The second-order valence-electron chi connectivity index (χ2n) is 4.19. The summed E-state index contributed by atoms with van der Waals surface area (Å²) in [6.45, 7) is 6.69. The van der Waals surface area contributed by atoms with E-state index in [-0.39, 0.29) is 17.6 Å². The van der Waals surface area contributed by atoms with Crippen LogP contribution in [-0.4, -0.2) is 31.0 Å². The average Bonchev–Trinajstić information content (AvgIpc) is 1.86. The third-order valence-electron chi connectivity index (χ3n) is 2.68. The minimum atomic E-state index is -0.328. The van der Waals surface area contributed by atoms with Gasteiger partial charge in [-0.25, -0.2) is 0 Å². The van der Waals surface area contributed by atoms with Crippen LogP contribution in [0, 0.1) is 5.41 Å². The Balaban J connectivity index is 4.38. The van der Waals surface area contributed by atoms with Crippen LogP contribution in [0.25, 0.3) is 0 Å². The highest BCUT2D eigenvalue weighted by molar-refractivity contribution is 4.93. The molecule has 0 rings (SSSR count). The van der Waals surface area contributed by atoms with E-state index in [1.54, 1.807) is 7.11 Å². The van der Waals surface area contributed by atoms with E-state index >= 15 is 0 Å². The Hall–Kier alpha value is -0.120. The van der Waals surface area contributed by atoms with Gasteiger partial charge in [-0.15, -0.1) is 0 Å². The SMILES string of the molecule is COCC(C)(CCO)C(C)(C)N. The Morgan fingerprint density at radius 2 is 1.83 bits per heavy atom. The van der Waals surface area contributed by atoms with Crippen LogP contribution in [0.1, 0.15) is 27.2 Å². The maximum absolute atomic E-state index is 8.88. The lowest BCUT2D eigenvalue weighted by Crippen LogP contribution is -2.52. The van der Waals surface area contributed by atoms with Gasteiger partial charge in [0.15, 0.2) is 0 Å². The van der Waals surface area contributed by atoms with Gasteiger partial charge in [0.05, 0.1) is 6.61 Å². The molecule has 0 aliphatic rings. The molecule has 0 saturated heterocycles. The third kappa shape index (κ3) is 2.73. The molecule has 0 radical (unpaired) electrons. The lowest BCUT2D eigenvalue weighted by atomic mass is 9.72. The number of aliphatic hydroxyl groups is 1. The van der Waals surface area contributed by atoms with Crippen molar-refractivity contribution < 1.29 is 9.84 Å². The van der Waals surface area contributed by atoms with Gasteiger partial charge in [-0.1, -0.05) is 6.92 Å². The van der Waals surface area contributed by atoms with E-state index < -0.39 is 0 Å². The molecule has 0 aromatic rings. The van der Waals surface area contributed by atoms with Crippen molar-refractivity contribution in [1.29, 1.82) is 0 Å². The Kier molecular flexibility index (Phi) is 4.17. The molecule has 3 nitrogen and oxygen atoms in total. The molecule has 12 heavy (non-hydrogen) atoms. The maximum Gasteiger partial charge on any atom is 0.0534 e. The fourth-order valence-electron chi connectivity index (χ4n) is 1.15. The summed E-state index contributed by atoms with van der Waals surface area (Å²) in [6, 6.07) is 0. The van der Waals surface area contributed by atoms with Crippen LogP contribution in [0.2, 0.25) is 0 Å². The van der Waals surface area contributed by atoms with Crippen LogP contribution in [0.4, 0.5) is 0 Å². The van der Waals surface area contributed by atoms with Gasteiger partial charge >= 0.3 is 0 Å². The van der Waals surface area contributed by atoms with E-state index in [1.165, 1.54) is 0 Å². The summed E-state index contributed by atoms with van der Waals surface area (Å²) >= 11 is 0. The molecule has 74 valence electrons. The Labute approximate surface area is 74.9 Å². The first-order chi connectivity index (χ1) is 5.37. The van der Waals surface area contributed by atoms with E-state index in [2.05, 4.69) is 0 Å². The Morgan fingerprint density at radius 3 is 2.08 bits per heavy atom. The fourth-order valence-corrected chi connectivity index (χ4v) is 1.15. The molecule has 0 spiro atoms. The van der Waals surface area contributed by atoms with Crippen molar-refractivity contribution in [2.45, 2.75) is 32.7 Å². The second-order valence-corrected chi connectivity index (χ2v) is 4.19. The number of hydrogen-bond acceptors (Lipinski definition) is 3. The van der Waals surface area contributed by atoms with Crippen LogP contribution in [0.3, 0.4) is 0 Å².